The molecule has 0 spiro atoms. The molecule has 0 aromatic heterocycles. The second-order valence-corrected chi connectivity index (χ2v) is 6.32. The number of carbonyl (C=O) groups excluding carboxylic acids is 1. The van der Waals surface area contributed by atoms with Crippen molar-refractivity contribution in [3.05, 3.63) is 29.0 Å². The minimum absolute atomic E-state index is 0.00164. The number of carbonyl (C=O) groups is 2. The van der Waals surface area contributed by atoms with Crippen LogP contribution in [0.2, 0.25) is 5.02 Å². The van der Waals surface area contributed by atoms with Gasteiger partial charge < -0.3 is 10.0 Å². The predicted molar refractivity (Wildman–Crippen MR) is 86.3 cm³/mol. The van der Waals surface area contributed by atoms with Crippen LogP contribution < -0.4 is 4.90 Å². The van der Waals surface area contributed by atoms with Gasteiger partial charge in [0, 0.05) is 18.3 Å². The van der Waals surface area contributed by atoms with E-state index in [1.807, 2.05) is 6.07 Å². The third-order valence-corrected chi connectivity index (χ3v) is 4.24. The van der Waals surface area contributed by atoms with Gasteiger partial charge >= 0.3 is 6.09 Å². The molecule has 1 N–H and O–H groups in total. The molecular weight excluding hydrogens is 337 g/mol. The molecule has 1 unspecified atom stereocenters. The minimum atomic E-state index is -1.24. The number of likely N-dealkylation sites (tertiary alicyclic amines) is 1. The molecule has 2 rings (SSSR count). The number of nitriles is 1. The highest BCUT2D eigenvalue weighted by atomic mass is 35.5. The fourth-order valence-corrected chi connectivity index (χ4v) is 3.03. The van der Waals surface area contributed by atoms with E-state index in [4.69, 9.17) is 16.9 Å². The smallest absolute Gasteiger partial charge is 0.408 e. The zero-order valence-electron chi connectivity index (χ0n) is 13.2. The highest BCUT2D eigenvalue weighted by Crippen LogP contribution is 2.29. The summed E-state index contributed by atoms with van der Waals surface area (Å²) in [6.07, 6.45) is -1.10. The summed E-state index contributed by atoms with van der Waals surface area (Å²) in [6, 6.07) is 4.67. The van der Waals surface area contributed by atoms with E-state index < -0.39 is 29.8 Å². The first-order chi connectivity index (χ1) is 11.3. The van der Waals surface area contributed by atoms with Gasteiger partial charge in [0.1, 0.15) is 11.9 Å². The summed E-state index contributed by atoms with van der Waals surface area (Å²) in [7, 11) is 0. The fraction of sp³-hybridized carbons (Fsp3) is 0.438. The van der Waals surface area contributed by atoms with Crippen molar-refractivity contribution in [2.45, 2.75) is 32.4 Å². The van der Waals surface area contributed by atoms with E-state index in [1.54, 1.807) is 13.8 Å². The third-order valence-electron chi connectivity index (χ3n) is 3.95. The maximum absolute atomic E-state index is 13.4. The Bertz CT molecular complexity index is 704. The first-order valence-corrected chi connectivity index (χ1v) is 7.81. The lowest BCUT2D eigenvalue weighted by atomic mass is 10.1. The summed E-state index contributed by atoms with van der Waals surface area (Å²) >= 11 is 5.79. The number of nitrogens with zero attached hydrogens (tertiary/aromatic N) is 3. The van der Waals surface area contributed by atoms with Gasteiger partial charge in [0.15, 0.2) is 0 Å². The summed E-state index contributed by atoms with van der Waals surface area (Å²) in [5, 5.41) is 18.2. The van der Waals surface area contributed by atoms with Crippen LogP contribution in [0.4, 0.5) is 14.9 Å². The average molecular weight is 354 g/mol. The van der Waals surface area contributed by atoms with E-state index in [1.165, 1.54) is 17.0 Å². The Morgan fingerprint density at radius 3 is 2.67 bits per heavy atom. The van der Waals surface area contributed by atoms with Crippen molar-refractivity contribution in [2.75, 3.05) is 11.4 Å². The van der Waals surface area contributed by atoms with Gasteiger partial charge in [-0.3, -0.25) is 9.69 Å². The topological polar surface area (TPSA) is 84.6 Å². The maximum Gasteiger partial charge on any atom is 0.408 e. The van der Waals surface area contributed by atoms with Crippen LogP contribution in [0.3, 0.4) is 0 Å². The normalized spacial score (nSPS) is 20.1. The molecule has 2 atom stereocenters. The quantitative estimate of drug-likeness (QED) is 0.904. The van der Waals surface area contributed by atoms with Gasteiger partial charge in [0.05, 0.1) is 17.0 Å². The van der Waals surface area contributed by atoms with E-state index in [9.17, 15) is 19.1 Å². The number of amides is 2. The summed E-state index contributed by atoms with van der Waals surface area (Å²) in [6.45, 7) is 3.52. The molecule has 2 amide bonds. The zero-order valence-corrected chi connectivity index (χ0v) is 14.0. The van der Waals surface area contributed by atoms with E-state index in [0.717, 1.165) is 11.0 Å². The van der Waals surface area contributed by atoms with Crippen LogP contribution in [-0.2, 0) is 4.79 Å². The molecule has 0 saturated carbocycles. The molecule has 6 nitrogen and oxygen atoms in total. The zero-order chi connectivity index (χ0) is 18.0. The molecule has 0 bridgehead atoms. The van der Waals surface area contributed by atoms with Crippen molar-refractivity contribution in [2.24, 2.45) is 5.92 Å². The Balaban J connectivity index is 2.37. The van der Waals surface area contributed by atoms with Gasteiger partial charge in [-0.1, -0.05) is 11.6 Å². The van der Waals surface area contributed by atoms with Gasteiger partial charge in [-0.25, -0.2) is 9.18 Å². The van der Waals surface area contributed by atoms with Gasteiger partial charge in [0.2, 0.25) is 5.91 Å². The van der Waals surface area contributed by atoms with Crippen molar-refractivity contribution >= 4 is 29.3 Å². The van der Waals surface area contributed by atoms with E-state index >= 15 is 0 Å². The van der Waals surface area contributed by atoms with Crippen molar-refractivity contribution in [1.82, 2.24) is 4.90 Å². The lowest BCUT2D eigenvalue weighted by molar-refractivity contribution is -0.122. The number of hydrogen-bond acceptors (Lipinski definition) is 3. The molecule has 1 aromatic rings. The highest BCUT2D eigenvalue weighted by Gasteiger charge is 2.42. The summed E-state index contributed by atoms with van der Waals surface area (Å²) in [4.78, 5) is 26.7. The monoisotopic (exact) mass is 353 g/mol. The standard InChI is InChI=1S/C16H17ClFN3O3/c1-9(2)21(11-3-4-13(18)12(17)6-11)15(22)14-5-10(7-19)8-20(14)16(23)24/h3-4,6,9-10,14H,5,8H2,1-2H3,(H,23,24)/t10?,14-/m0/s1. The van der Waals surface area contributed by atoms with Crippen LogP contribution in [-0.4, -0.2) is 40.6 Å². The first-order valence-electron chi connectivity index (χ1n) is 7.43. The van der Waals surface area contributed by atoms with Crippen LogP contribution in [0.25, 0.3) is 0 Å². The van der Waals surface area contributed by atoms with Gasteiger partial charge in [0.25, 0.3) is 0 Å². The fourth-order valence-electron chi connectivity index (χ4n) is 2.85. The van der Waals surface area contributed by atoms with E-state index in [0.29, 0.717) is 5.69 Å². The van der Waals surface area contributed by atoms with Crippen molar-refractivity contribution in [1.29, 1.82) is 5.26 Å². The predicted octanol–water partition coefficient (Wildman–Crippen LogP) is 3.11. The Morgan fingerprint density at radius 2 is 2.17 bits per heavy atom. The van der Waals surface area contributed by atoms with Crippen LogP contribution in [0.5, 0.6) is 0 Å². The molecule has 1 fully saturated rings. The maximum atomic E-state index is 13.4. The molecule has 1 aliphatic heterocycles. The number of hydrogen-bond donors (Lipinski definition) is 1. The number of anilines is 1. The summed E-state index contributed by atoms with van der Waals surface area (Å²) in [5.41, 5.74) is 0.382. The number of halogens is 2. The summed E-state index contributed by atoms with van der Waals surface area (Å²) in [5.74, 6) is -1.58. The van der Waals surface area contributed by atoms with Crippen molar-refractivity contribution in [3.8, 4) is 6.07 Å². The van der Waals surface area contributed by atoms with Crippen LogP contribution in [0, 0.1) is 23.1 Å². The van der Waals surface area contributed by atoms with Crippen molar-refractivity contribution in [3.63, 3.8) is 0 Å². The third kappa shape index (κ3) is 3.44. The lowest BCUT2D eigenvalue weighted by Crippen LogP contribution is -2.50. The average Bonchev–Trinajstić information content (AvgIpc) is 2.95. The number of rotatable bonds is 3. The molecule has 24 heavy (non-hydrogen) atoms. The van der Waals surface area contributed by atoms with E-state index in [-0.39, 0.29) is 24.0 Å². The molecule has 0 aliphatic carbocycles. The Kier molecular flexibility index (Phi) is 5.30. The first kappa shape index (κ1) is 18.0. The van der Waals surface area contributed by atoms with Crippen molar-refractivity contribution < 1.29 is 19.1 Å². The molecule has 1 aromatic carbocycles. The van der Waals surface area contributed by atoms with Crippen LogP contribution >= 0.6 is 11.6 Å². The van der Waals surface area contributed by atoms with Gasteiger partial charge in [-0.2, -0.15) is 5.26 Å². The van der Waals surface area contributed by atoms with Crippen LogP contribution in [0.1, 0.15) is 20.3 Å². The second kappa shape index (κ2) is 7.05. The number of carboxylic acid groups (broad SMARTS) is 1. The Labute approximate surface area is 144 Å². The Morgan fingerprint density at radius 1 is 1.50 bits per heavy atom. The summed E-state index contributed by atoms with van der Waals surface area (Å²) < 4.78 is 13.4. The minimum Gasteiger partial charge on any atom is -0.465 e. The molecule has 1 aliphatic rings. The second-order valence-electron chi connectivity index (χ2n) is 5.91. The molecule has 1 heterocycles. The largest absolute Gasteiger partial charge is 0.465 e. The highest BCUT2D eigenvalue weighted by molar-refractivity contribution is 6.31. The molecule has 1 saturated heterocycles. The SMILES string of the molecule is CC(C)N(C(=O)[C@@H]1CC(C#N)CN1C(=O)O)c1ccc(F)c(Cl)c1. The molecule has 0 radical (unpaired) electrons. The van der Waals surface area contributed by atoms with Gasteiger partial charge in [-0.15, -0.1) is 0 Å². The molecule has 128 valence electrons. The molecular formula is C16H17ClFN3O3. The van der Waals surface area contributed by atoms with E-state index in [2.05, 4.69) is 0 Å². The Hall–Kier alpha value is -2.33. The van der Waals surface area contributed by atoms with Crippen LogP contribution in [0.15, 0.2) is 18.2 Å². The van der Waals surface area contributed by atoms with Gasteiger partial charge in [-0.05, 0) is 38.5 Å². The molecule has 8 heteroatoms. The lowest BCUT2D eigenvalue weighted by Gasteiger charge is -2.32. The number of benzene rings is 1.